The van der Waals surface area contributed by atoms with Crippen LogP contribution in [0.25, 0.3) is 0 Å². The van der Waals surface area contributed by atoms with Gasteiger partial charge in [0.1, 0.15) is 0 Å². The normalized spacial score (nSPS) is 10.3. The summed E-state index contributed by atoms with van der Waals surface area (Å²) in [6.45, 7) is 0. The van der Waals surface area contributed by atoms with E-state index in [2.05, 4.69) is 16.3 Å². The van der Waals surface area contributed by atoms with Crippen LogP contribution in [0, 0.1) is 0 Å². The molecule has 0 saturated heterocycles. The first kappa shape index (κ1) is 9.15. The highest BCUT2D eigenvalue weighted by atomic mass is 32.2. The predicted molar refractivity (Wildman–Crippen MR) is 59.0 cm³/mol. The van der Waals surface area contributed by atoms with Gasteiger partial charge >= 0.3 is 0 Å². The predicted octanol–water partition coefficient (Wildman–Crippen LogP) is 2.28. The van der Waals surface area contributed by atoms with Crippen molar-refractivity contribution in [2.45, 2.75) is 10.6 Å². The van der Waals surface area contributed by atoms with E-state index in [0.717, 1.165) is 17.1 Å². The van der Waals surface area contributed by atoms with Gasteiger partial charge in [-0.1, -0.05) is 6.07 Å². The topological polar surface area (TPSA) is 54.7 Å². The molecule has 0 bridgehead atoms. The van der Waals surface area contributed by atoms with Crippen molar-refractivity contribution in [3.05, 3.63) is 42.2 Å². The number of rotatable bonds is 3. The number of aromatic amines is 1. The van der Waals surface area contributed by atoms with E-state index in [0.29, 0.717) is 0 Å². The van der Waals surface area contributed by atoms with E-state index in [-0.39, 0.29) is 0 Å². The van der Waals surface area contributed by atoms with Crippen LogP contribution in [0.1, 0.15) is 5.69 Å². The van der Waals surface area contributed by atoms with Crippen LogP contribution in [0.4, 0.5) is 5.69 Å². The summed E-state index contributed by atoms with van der Waals surface area (Å²) < 4.78 is 0. The van der Waals surface area contributed by atoms with Crippen LogP contribution < -0.4 is 5.73 Å². The van der Waals surface area contributed by atoms with Crippen molar-refractivity contribution in [2.75, 3.05) is 5.73 Å². The first-order chi connectivity index (χ1) is 6.84. The summed E-state index contributed by atoms with van der Waals surface area (Å²) in [5.41, 5.74) is 7.60. The third kappa shape index (κ3) is 2.29. The zero-order chi connectivity index (χ0) is 9.80. The molecule has 0 saturated carbocycles. The Morgan fingerprint density at radius 3 is 3.00 bits per heavy atom. The number of hydrogen-bond acceptors (Lipinski definition) is 3. The second-order valence-corrected chi connectivity index (χ2v) is 3.99. The van der Waals surface area contributed by atoms with E-state index < -0.39 is 0 Å². The zero-order valence-electron chi connectivity index (χ0n) is 7.60. The van der Waals surface area contributed by atoms with Gasteiger partial charge in [0, 0.05) is 28.2 Å². The lowest BCUT2D eigenvalue weighted by molar-refractivity contribution is 1.04. The molecule has 0 amide bonds. The second kappa shape index (κ2) is 4.19. The van der Waals surface area contributed by atoms with Gasteiger partial charge in [-0.3, -0.25) is 5.10 Å². The van der Waals surface area contributed by atoms with Gasteiger partial charge in [-0.15, -0.1) is 11.8 Å². The van der Waals surface area contributed by atoms with Crippen molar-refractivity contribution in [3.63, 3.8) is 0 Å². The SMILES string of the molecule is Nc1cccc(SCc2ccn[nH]2)c1. The van der Waals surface area contributed by atoms with Crippen molar-refractivity contribution < 1.29 is 0 Å². The lowest BCUT2D eigenvalue weighted by Gasteiger charge is -2.00. The van der Waals surface area contributed by atoms with Gasteiger partial charge in [0.15, 0.2) is 0 Å². The highest BCUT2D eigenvalue weighted by Gasteiger charge is 1.97. The Bertz CT molecular complexity index is 398. The molecule has 1 aromatic carbocycles. The molecule has 1 aromatic heterocycles. The van der Waals surface area contributed by atoms with Crippen LogP contribution in [-0.2, 0) is 5.75 Å². The van der Waals surface area contributed by atoms with Gasteiger partial charge < -0.3 is 5.73 Å². The van der Waals surface area contributed by atoms with Crippen LogP contribution in [0.3, 0.4) is 0 Å². The zero-order valence-corrected chi connectivity index (χ0v) is 8.42. The van der Waals surface area contributed by atoms with Crippen molar-refractivity contribution in [3.8, 4) is 0 Å². The van der Waals surface area contributed by atoms with Gasteiger partial charge in [-0.25, -0.2) is 0 Å². The molecular formula is C10H11N3S. The molecule has 0 spiro atoms. The molecule has 0 aliphatic carbocycles. The summed E-state index contributed by atoms with van der Waals surface area (Å²) in [6.07, 6.45) is 1.76. The van der Waals surface area contributed by atoms with Gasteiger partial charge in [0.25, 0.3) is 0 Å². The van der Waals surface area contributed by atoms with Crippen molar-refractivity contribution in [1.82, 2.24) is 10.2 Å². The number of benzene rings is 1. The van der Waals surface area contributed by atoms with Crippen LogP contribution in [0.5, 0.6) is 0 Å². The standard InChI is InChI=1S/C10H11N3S/c11-8-2-1-3-10(6-8)14-7-9-4-5-12-13-9/h1-6H,7,11H2,(H,12,13). The van der Waals surface area contributed by atoms with E-state index in [4.69, 9.17) is 5.73 Å². The first-order valence-corrected chi connectivity index (χ1v) is 5.30. The first-order valence-electron chi connectivity index (χ1n) is 4.31. The van der Waals surface area contributed by atoms with Crippen LogP contribution in [0.2, 0.25) is 0 Å². The average Bonchev–Trinajstić information content (AvgIpc) is 2.67. The number of thioether (sulfide) groups is 1. The van der Waals surface area contributed by atoms with E-state index in [1.165, 1.54) is 4.90 Å². The molecule has 0 unspecified atom stereocenters. The summed E-state index contributed by atoms with van der Waals surface area (Å²) >= 11 is 1.74. The van der Waals surface area contributed by atoms with Gasteiger partial charge in [-0.05, 0) is 24.3 Å². The Morgan fingerprint density at radius 2 is 2.29 bits per heavy atom. The van der Waals surface area contributed by atoms with Crippen LogP contribution in [0.15, 0.2) is 41.4 Å². The molecule has 3 nitrogen and oxygen atoms in total. The fraction of sp³-hybridized carbons (Fsp3) is 0.100. The van der Waals surface area contributed by atoms with E-state index in [9.17, 15) is 0 Å². The molecule has 0 atom stereocenters. The number of aromatic nitrogens is 2. The maximum atomic E-state index is 5.67. The summed E-state index contributed by atoms with van der Waals surface area (Å²) in [5.74, 6) is 0.892. The molecule has 0 aliphatic heterocycles. The minimum absolute atomic E-state index is 0.805. The Kier molecular flexibility index (Phi) is 2.74. The molecule has 72 valence electrons. The number of nitrogens with zero attached hydrogens (tertiary/aromatic N) is 1. The minimum atomic E-state index is 0.805. The molecule has 3 N–H and O–H groups in total. The lowest BCUT2D eigenvalue weighted by atomic mass is 10.3. The molecule has 2 aromatic rings. The fourth-order valence-electron chi connectivity index (χ4n) is 1.13. The Morgan fingerprint density at radius 1 is 1.36 bits per heavy atom. The van der Waals surface area contributed by atoms with Crippen molar-refractivity contribution in [1.29, 1.82) is 0 Å². The smallest absolute Gasteiger partial charge is 0.0490 e. The largest absolute Gasteiger partial charge is 0.399 e. The maximum absolute atomic E-state index is 5.67. The number of nitrogens with two attached hydrogens (primary N) is 1. The monoisotopic (exact) mass is 205 g/mol. The maximum Gasteiger partial charge on any atom is 0.0490 e. The van der Waals surface area contributed by atoms with Gasteiger partial charge in [0.05, 0.1) is 0 Å². The summed E-state index contributed by atoms with van der Waals surface area (Å²) in [7, 11) is 0. The Hall–Kier alpha value is -1.42. The summed E-state index contributed by atoms with van der Waals surface area (Å²) in [6, 6.07) is 9.85. The lowest BCUT2D eigenvalue weighted by Crippen LogP contribution is -1.84. The highest BCUT2D eigenvalue weighted by Crippen LogP contribution is 2.23. The number of nitrogen functional groups attached to an aromatic ring is 1. The molecule has 0 fully saturated rings. The summed E-state index contributed by atoms with van der Waals surface area (Å²) in [5, 5.41) is 6.81. The summed E-state index contributed by atoms with van der Waals surface area (Å²) in [4.78, 5) is 1.18. The molecule has 2 rings (SSSR count). The van der Waals surface area contributed by atoms with Crippen LogP contribution in [-0.4, -0.2) is 10.2 Å². The molecular weight excluding hydrogens is 194 g/mol. The third-order valence-electron chi connectivity index (χ3n) is 1.81. The molecule has 4 heteroatoms. The van der Waals surface area contributed by atoms with Gasteiger partial charge in [-0.2, -0.15) is 5.10 Å². The molecule has 14 heavy (non-hydrogen) atoms. The number of H-pyrrole nitrogens is 1. The molecule has 0 aliphatic rings. The molecule has 1 heterocycles. The van der Waals surface area contributed by atoms with Crippen LogP contribution >= 0.6 is 11.8 Å². The van der Waals surface area contributed by atoms with E-state index in [1.807, 2.05) is 24.3 Å². The number of hydrogen-bond donors (Lipinski definition) is 2. The third-order valence-corrected chi connectivity index (χ3v) is 2.85. The minimum Gasteiger partial charge on any atom is -0.399 e. The quantitative estimate of drug-likeness (QED) is 0.597. The Labute approximate surface area is 86.7 Å². The number of nitrogens with one attached hydrogen (secondary N) is 1. The Balaban J connectivity index is 1.98. The molecule has 0 radical (unpaired) electrons. The van der Waals surface area contributed by atoms with E-state index >= 15 is 0 Å². The fourth-order valence-corrected chi connectivity index (χ4v) is 2.01. The van der Waals surface area contributed by atoms with Crippen molar-refractivity contribution >= 4 is 17.4 Å². The second-order valence-electron chi connectivity index (χ2n) is 2.94. The number of anilines is 1. The van der Waals surface area contributed by atoms with Crippen molar-refractivity contribution in [2.24, 2.45) is 0 Å². The average molecular weight is 205 g/mol. The van der Waals surface area contributed by atoms with Gasteiger partial charge in [0.2, 0.25) is 0 Å². The highest BCUT2D eigenvalue weighted by molar-refractivity contribution is 7.98. The van der Waals surface area contributed by atoms with E-state index in [1.54, 1.807) is 18.0 Å².